The standard InChI is InChI=1S/C22H21F3N4O2S2/c1-12-13(2)33-21(26-12)28-18(30)17-11-32-19(27-17)14-7-9-29(10-8-14)20(31)15-5-3-4-6-16(15)22(23,24)25/h3-6,11,14H,7-10H2,1-2H3,(H,26,28,30). The van der Waals surface area contributed by atoms with Crippen LogP contribution in [0, 0.1) is 13.8 Å². The number of rotatable bonds is 4. The number of halogens is 3. The Morgan fingerprint density at radius 2 is 1.82 bits per heavy atom. The maximum absolute atomic E-state index is 13.3. The van der Waals surface area contributed by atoms with Crippen molar-refractivity contribution in [2.75, 3.05) is 18.4 Å². The number of aromatic nitrogens is 2. The molecule has 1 N–H and O–H groups in total. The van der Waals surface area contributed by atoms with E-state index in [0.29, 0.717) is 36.8 Å². The molecule has 0 unspecified atom stereocenters. The number of piperidine rings is 1. The van der Waals surface area contributed by atoms with Crippen LogP contribution in [0.2, 0.25) is 0 Å². The van der Waals surface area contributed by atoms with E-state index in [0.717, 1.165) is 21.6 Å². The molecule has 3 aromatic rings. The summed E-state index contributed by atoms with van der Waals surface area (Å²) in [6, 6.07) is 4.86. The lowest BCUT2D eigenvalue weighted by atomic mass is 9.96. The van der Waals surface area contributed by atoms with Gasteiger partial charge in [0, 0.05) is 29.3 Å². The van der Waals surface area contributed by atoms with Crippen LogP contribution in [-0.4, -0.2) is 39.8 Å². The van der Waals surface area contributed by atoms with Gasteiger partial charge in [-0.1, -0.05) is 12.1 Å². The van der Waals surface area contributed by atoms with Crippen molar-refractivity contribution in [3.8, 4) is 0 Å². The average Bonchev–Trinajstić information content (AvgIpc) is 3.40. The molecule has 0 bridgehead atoms. The van der Waals surface area contributed by atoms with Gasteiger partial charge in [-0.05, 0) is 38.8 Å². The molecule has 0 radical (unpaired) electrons. The van der Waals surface area contributed by atoms with E-state index < -0.39 is 17.6 Å². The zero-order valence-electron chi connectivity index (χ0n) is 17.9. The van der Waals surface area contributed by atoms with Crippen molar-refractivity contribution in [1.82, 2.24) is 14.9 Å². The molecule has 0 saturated carbocycles. The highest BCUT2D eigenvalue weighted by molar-refractivity contribution is 7.15. The molecule has 2 amide bonds. The fourth-order valence-corrected chi connectivity index (χ4v) is 5.46. The lowest BCUT2D eigenvalue weighted by molar-refractivity contribution is -0.138. The smallest absolute Gasteiger partial charge is 0.339 e. The van der Waals surface area contributed by atoms with Crippen molar-refractivity contribution < 1.29 is 22.8 Å². The second kappa shape index (κ2) is 9.22. The van der Waals surface area contributed by atoms with E-state index in [9.17, 15) is 22.8 Å². The number of alkyl halides is 3. The minimum atomic E-state index is -4.58. The molecule has 1 aliphatic heterocycles. The van der Waals surface area contributed by atoms with E-state index in [4.69, 9.17) is 0 Å². The Kier molecular flexibility index (Phi) is 6.53. The van der Waals surface area contributed by atoms with Crippen LogP contribution in [-0.2, 0) is 6.18 Å². The van der Waals surface area contributed by atoms with Gasteiger partial charge in [0.25, 0.3) is 11.8 Å². The Hall–Kier alpha value is -2.79. The van der Waals surface area contributed by atoms with E-state index in [-0.39, 0.29) is 17.4 Å². The van der Waals surface area contributed by atoms with Gasteiger partial charge in [0.1, 0.15) is 5.69 Å². The number of amides is 2. The Morgan fingerprint density at radius 1 is 1.12 bits per heavy atom. The van der Waals surface area contributed by atoms with Gasteiger partial charge in [0.2, 0.25) is 0 Å². The Morgan fingerprint density at radius 3 is 2.45 bits per heavy atom. The maximum atomic E-state index is 13.3. The molecule has 0 spiro atoms. The van der Waals surface area contributed by atoms with Crippen molar-refractivity contribution in [3.05, 3.63) is 62.0 Å². The molecule has 174 valence electrons. The summed E-state index contributed by atoms with van der Waals surface area (Å²) >= 11 is 2.77. The number of benzene rings is 1. The molecular formula is C22H21F3N4O2S2. The molecule has 6 nitrogen and oxygen atoms in total. The summed E-state index contributed by atoms with van der Waals surface area (Å²) in [4.78, 5) is 36.5. The quantitative estimate of drug-likeness (QED) is 0.519. The van der Waals surface area contributed by atoms with E-state index in [1.807, 2.05) is 13.8 Å². The van der Waals surface area contributed by atoms with Gasteiger partial charge in [0.15, 0.2) is 5.13 Å². The van der Waals surface area contributed by atoms with Gasteiger partial charge >= 0.3 is 6.18 Å². The summed E-state index contributed by atoms with van der Waals surface area (Å²) in [5.74, 6) is -0.903. The van der Waals surface area contributed by atoms with Gasteiger partial charge in [0.05, 0.1) is 21.8 Å². The van der Waals surface area contributed by atoms with Gasteiger partial charge < -0.3 is 4.90 Å². The highest BCUT2D eigenvalue weighted by atomic mass is 32.1. The summed E-state index contributed by atoms with van der Waals surface area (Å²) in [7, 11) is 0. The van der Waals surface area contributed by atoms with E-state index in [1.165, 1.54) is 45.8 Å². The summed E-state index contributed by atoms with van der Waals surface area (Å²) in [5, 5.41) is 5.76. The minimum absolute atomic E-state index is 0.0443. The second-order valence-corrected chi connectivity index (χ2v) is 9.89. The number of aryl methyl sites for hydroxylation is 2. The maximum Gasteiger partial charge on any atom is 0.417 e. The molecular weight excluding hydrogens is 473 g/mol. The molecule has 11 heteroatoms. The van der Waals surface area contributed by atoms with Crippen LogP contribution in [0.5, 0.6) is 0 Å². The molecule has 3 heterocycles. The number of anilines is 1. The molecule has 0 aliphatic carbocycles. The van der Waals surface area contributed by atoms with Crippen molar-refractivity contribution >= 4 is 39.6 Å². The van der Waals surface area contributed by atoms with Crippen LogP contribution in [0.25, 0.3) is 0 Å². The molecule has 1 aromatic carbocycles. The van der Waals surface area contributed by atoms with Gasteiger partial charge in [-0.15, -0.1) is 22.7 Å². The largest absolute Gasteiger partial charge is 0.417 e. The Bertz CT molecular complexity index is 1160. The Labute approximate surface area is 196 Å². The van der Waals surface area contributed by atoms with Crippen LogP contribution >= 0.6 is 22.7 Å². The first kappa shape index (κ1) is 23.4. The minimum Gasteiger partial charge on any atom is -0.339 e. The predicted octanol–water partition coefficient (Wildman–Crippen LogP) is 5.51. The first-order valence-corrected chi connectivity index (χ1v) is 12.0. The molecule has 33 heavy (non-hydrogen) atoms. The summed E-state index contributed by atoms with van der Waals surface area (Å²) in [6.07, 6.45) is -3.45. The molecule has 2 aromatic heterocycles. The first-order valence-electron chi connectivity index (χ1n) is 10.3. The van der Waals surface area contributed by atoms with Crippen LogP contribution in [0.15, 0.2) is 29.6 Å². The van der Waals surface area contributed by atoms with Crippen LogP contribution < -0.4 is 5.32 Å². The topological polar surface area (TPSA) is 75.2 Å². The van der Waals surface area contributed by atoms with E-state index in [1.54, 1.807) is 5.38 Å². The van der Waals surface area contributed by atoms with Crippen LogP contribution in [0.4, 0.5) is 18.3 Å². The van der Waals surface area contributed by atoms with Crippen molar-refractivity contribution in [3.63, 3.8) is 0 Å². The summed E-state index contributed by atoms with van der Waals surface area (Å²) < 4.78 is 39.8. The van der Waals surface area contributed by atoms with Gasteiger partial charge in [-0.25, -0.2) is 9.97 Å². The molecule has 1 aliphatic rings. The third kappa shape index (κ3) is 5.09. The second-order valence-electron chi connectivity index (χ2n) is 7.80. The fourth-order valence-electron chi connectivity index (χ4n) is 3.68. The van der Waals surface area contributed by atoms with Crippen molar-refractivity contribution in [2.24, 2.45) is 0 Å². The predicted molar refractivity (Wildman–Crippen MR) is 121 cm³/mol. The SMILES string of the molecule is Cc1nc(NC(=O)c2csc(C3CCN(C(=O)c4ccccc4C(F)(F)F)CC3)n2)sc1C. The van der Waals surface area contributed by atoms with Crippen LogP contribution in [0.3, 0.4) is 0 Å². The number of nitrogens with zero attached hydrogens (tertiary/aromatic N) is 3. The zero-order valence-corrected chi connectivity index (χ0v) is 19.5. The van der Waals surface area contributed by atoms with Crippen molar-refractivity contribution in [2.45, 2.75) is 38.8 Å². The van der Waals surface area contributed by atoms with E-state index >= 15 is 0 Å². The van der Waals surface area contributed by atoms with Crippen LogP contribution in [0.1, 0.15) is 60.7 Å². The number of likely N-dealkylation sites (tertiary alicyclic amines) is 1. The average molecular weight is 495 g/mol. The fraction of sp³-hybridized carbons (Fsp3) is 0.364. The molecule has 0 atom stereocenters. The molecule has 1 fully saturated rings. The third-order valence-electron chi connectivity index (χ3n) is 5.60. The normalized spacial score (nSPS) is 15.0. The van der Waals surface area contributed by atoms with Crippen molar-refractivity contribution in [1.29, 1.82) is 0 Å². The molecule has 4 rings (SSSR count). The monoisotopic (exact) mass is 494 g/mol. The van der Waals surface area contributed by atoms with E-state index in [2.05, 4.69) is 15.3 Å². The number of hydrogen-bond donors (Lipinski definition) is 1. The number of hydrogen-bond acceptors (Lipinski definition) is 6. The van der Waals surface area contributed by atoms with Gasteiger partial charge in [-0.3, -0.25) is 14.9 Å². The number of thiazole rings is 2. The highest BCUT2D eigenvalue weighted by Gasteiger charge is 2.36. The van der Waals surface area contributed by atoms with Gasteiger partial charge in [-0.2, -0.15) is 13.2 Å². The third-order valence-corrected chi connectivity index (χ3v) is 7.59. The lowest BCUT2D eigenvalue weighted by Gasteiger charge is -2.31. The summed E-state index contributed by atoms with van der Waals surface area (Å²) in [6.45, 7) is 4.46. The Balaban J connectivity index is 1.38. The first-order chi connectivity index (χ1) is 15.6. The lowest BCUT2D eigenvalue weighted by Crippen LogP contribution is -2.38. The number of nitrogens with one attached hydrogen (secondary N) is 1. The summed E-state index contributed by atoms with van der Waals surface area (Å²) in [5.41, 5.74) is -0.0748. The highest BCUT2D eigenvalue weighted by Crippen LogP contribution is 2.35. The number of carbonyl (C=O) groups is 2. The zero-order chi connectivity index (χ0) is 23.8. The number of carbonyl (C=O) groups excluding carboxylic acids is 2. The molecule has 1 saturated heterocycles.